The van der Waals surface area contributed by atoms with E-state index in [0.717, 1.165) is 43.5 Å². The lowest BCUT2D eigenvalue weighted by Gasteiger charge is -2.35. The molecule has 11 nitrogen and oxygen atoms in total. The molecule has 3 N–H and O–H groups in total. The van der Waals surface area contributed by atoms with Gasteiger partial charge in [0.25, 0.3) is 0 Å². The van der Waals surface area contributed by atoms with Crippen LogP contribution in [0.5, 0.6) is 11.5 Å². The molecule has 5 rings (SSSR count). The van der Waals surface area contributed by atoms with Gasteiger partial charge in [0.15, 0.2) is 12.1 Å². The van der Waals surface area contributed by atoms with Crippen molar-refractivity contribution in [2.24, 2.45) is 5.92 Å². The Bertz CT molecular complexity index is 1200. The Balaban J connectivity index is 1.17. The molecule has 1 aromatic carbocycles. The number of aromatic nitrogens is 2. The number of nitrogens with zero attached hydrogens (tertiary/aromatic N) is 3. The molecule has 0 spiro atoms. The smallest absolute Gasteiger partial charge is 0.424 e. The summed E-state index contributed by atoms with van der Waals surface area (Å²) >= 11 is 0. The summed E-state index contributed by atoms with van der Waals surface area (Å²) in [6.07, 6.45) is 5.33. The van der Waals surface area contributed by atoms with Crippen molar-refractivity contribution >= 4 is 24.1 Å². The number of phenolic OH excluding ortho intramolecular Hbond substituents is 1. The van der Waals surface area contributed by atoms with E-state index in [-0.39, 0.29) is 35.3 Å². The number of carbonyl (C=O) groups excluding carboxylic acids is 3. The van der Waals surface area contributed by atoms with Gasteiger partial charge in [-0.25, -0.2) is 14.8 Å². The number of ether oxygens (including phenoxy) is 2. The van der Waals surface area contributed by atoms with Crippen LogP contribution in [0, 0.1) is 5.92 Å². The van der Waals surface area contributed by atoms with Crippen LogP contribution in [0.25, 0.3) is 0 Å². The van der Waals surface area contributed by atoms with Gasteiger partial charge in [-0.3, -0.25) is 14.7 Å². The van der Waals surface area contributed by atoms with Crippen LogP contribution in [-0.4, -0.2) is 77.0 Å². The number of amides is 2. The predicted octanol–water partition coefficient (Wildman–Crippen LogP) is 3.01. The summed E-state index contributed by atoms with van der Waals surface area (Å²) in [7, 11) is 3.40. The minimum Gasteiger partial charge on any atom is -0.507 e. The number of nitrogens with one attached hydrogen (secondary N) is 2. The Hall–Kier alpha value is -3.60. The Kier molecular flexibility index (Phi) is 7.05. The van der Waals surface area contributed by atoms with Crippen LogP contribution in [0.15, 0.2) is 12.1 Å². The van der Waals surface area contributed by atoms with Crippen LogP contribution < -0.4 is 10.1 Å². The van der Waals surface area contributed by atoms with Gasteiger partial charge in [-0.1, -0.05) is 0 Å². The number of hydrogen-bond donors (Lipinski definition) is 3. The number of aromatic hydroxyl groups is 1. The molecule has 1 saturated carbocycles. The van der Waals surface area contributed by atoms with Crippen molar-refractivity contribution in [1.82, 2.24) is 20.2 Å². The Morgan fingerprint density at radius 2 is 1.97 bits per heavy atom. The number of carbonyl (C=O) groups is 3. The molecule has 3 aliphatic rings. The number of aromatic amines is 1. The minimum absolute atomic E-state index is 0.146. The summed E-state index contributed by atoms with van der Waals surface area (Å²) in [6, 6.07) is 3.25. The van der Waals surface area contributed by atoms with Gasteiger partial charge in [0.05, 0.1) is 12.7 Å². The maximum atomic E-state index is 13.0. The molecule has 2 aromatic rings. The second-order valence-electron chi connectivity index (χ2n) is 10.1. The van der Waals surface area contributed by atoms with Crippen molar-refractivity contribution in [2.75, 3.05) is 32.6 Å². The van der Waals surface area contributed by atoms with Gasteiger partial charge >= 0.3 is 6.09 Å². The third kappa shape index (κ3) is 5.00. The van der Waals surface area contributed by atoms with Crippen LogP contribution >= 0.6 is 0 Å². The van der Waals surface area contributed by atoms with Crippen molar-refractivity contribution in [3.8, 4) is 11.5 Å². The Morgan fingerprint density at radius 1 is 1.19 bits per heavy atom. The zero-order chi connectivity index (χ0) is 26.1. The quantitative estimate of drug-likeness (QED) is 0.504. The number of benzene rings is 1. The number of anilines is 1. The second kappa shape index (κ2) is 10.4. The summed E-state index contributed by atoms with van der Waals surface area (Å²) in [5.41, 5.74) is 2.52. The Labute approximate surface area is 215 Å². The van der Waals surface area contributed by atoms with Crippen molar-refractivity contribution < 1.29 is 29.0 Å². The number of rotatable bonds is 6. The zero-order valence-electron chi connectivity index (χ0n) is 21.2. The van der Waals surface area contributed by atoms with E-state index in [2.05, 4.69) is 15.5 Å². The lowest BCUT2D eigenvalue weighted by molar-refractivity contribution is -0.119. The van der Waals surface area contributed by atoms with E-state index < -0.39 is 5.92 Å². The van der Waals surface area contributed by atoms with Gasteiger partial charge in [0, 0.05) is 49.8 Å². The Morgan fingerprint density at radius 3 is 2.73 bits per heavy atom. The number of aldehydes is 1. The average molecular weight is 512 g/mol. The van der Waals surface area contributed by atoms with Crippen molar-refractivity contribution in [3.63, 3.8) is 0 Å². The van der Waals surface area contributed by atoms with Crippen molar-refractivity contribution in [1.29, 1.82) is 0 Å². The van der Waals surface area contributed by atoms with E-state index in [9.17, 15) is 19.5 Å². The summed E-state index contributed by atoms with van der Waals surface area (Å²) in [6.45, 7) is 1.54. The third-order valence-corrected chi connectivity index (χ3v) is 7.81. The number of hydrazine groups is 1. The van der Waals surface area contributed by atoms with Gasteiger partial charge in [-0.15, -0.1) is 0 Å². The van der Waals surface area contributed by atoms with E-state index in [0.29, 0.717) is 49.2 Å². The van der Waals surface area contributed by atoms with Crippen molar-refractivity contribution in [3.05, 3.63) is 34.5 Å². The summed E-state index contributed by atoms with van der Waals surface area (Å²) in [5, 5.41) is 23.9. The second-order valence-corrected chi connectivity index (χ2v) is 10.1. The van der Waals surface area contributed by atoms with Gasteiger partial charge < -0.3 is 19.9 Å². The van der Waals surface area contributed by atoms with Gasteiger partial charge in [-0.05, 0) is 56.1 Å². The molecule has 11 heteroatoms. The molecule has 2 fully saturated rings. The molecule has 2 heterocycles. The first kappa shape index (κ1) is 25.1. The van der Waals surface area contributed by atoms with E-state index in [1.54, 1.807) is 5.01 Å². The molecule has 198 valence electrons. The fraction of sp³-hybridized carbons (Fsp3) is 0.538. The first-order valence-electron chi connectivity index (χ1n) is 12.8. The van der Waals surface area contributed by atoms with Crippen LogP contribution in [0.3, 0.4) is 0 Å². The number of hydrogen-bond acceptors (Lipinski definition) is 8. The predicted molar refractivity (Wildman–Crippen MR) is 134 cm³/mol. The third-order valence-electron chi connectivity index (χ3n) is 7.81. The van der Waals surface area contributed by atoms with Crippen LogP contribution in [0.2, 0.25) is 0 Å². The summed E-state index contributed by atoms with van der Waals surface area (Å²) < 4.78 is 11.1. The molecular weight excluding hydrogens is 478 g/mol. The van der Waals surface area contributed by atoms with E-state index in [4.69, 9.17) is 9.47 Å². The fourth-order valence-electron chi connectivity index (χ4n) is 5.77. The SMILES string of the molecule is COc1cc(O)c(C=O)c2c1CC(C(=O)Nc1cc(C3CCC(OC(=O)N4CCCCN4C)C3)[nH]n1)C2. The first-order chi connectivity index (χ1) is 17.9. The molecule has 1 saturated heterocycles. The molecule has 37 heavy (non-hydrogen) atoms. The van der Waals surface area contributed by atoms with E-state index in [1.165, 1.54) is 13.2 Å². The van der Waals surface area contributed by atoms with Crippen LogP contribution in [0.1, 0.15) is 65.2 Å². The van der Waals surface area contributed by atoms with E-state index in [1.807, 2.05) is 18.1 Å². The minimum atomic E-state index is -0.409. The normalized spacial score (nSPS) is 23.5. The fourth-order valence-corrected chi connectivity index (χ4v) is 5.77. The highest BCUT2D eigenvalue weighted by atomic mass is 16.6. The summed E-state index contributed by atoms with van der Waals surface area (Å²) in [5.74, 6) is 0.292. The number of fused-ring (bicyclic) bond motifs is 1. The number of methoxy groups -OCH3 is 1. The largest absolute Gasteiger partial charge is 0.507 e. The number of H-pyrrole nitrogens is 1. The monoisotopic (exact) mass is 511 g/mol. The molecule has 1 aliphatic heterocycles. The lowest BCUT2D eigenvalue weighted by atomic mass is 10.0. The number of phenols is 1. The van der Waals surface area contributed by atoms with Crippen LogP contribution in [-0.2, 0) is 22.4 Å². The molecule has 2 amide bonds. The van der Waals surface area contributed by atoms with Gasteiger partial charge in [0.2, 0.25) is 5.91 Å². The maximum absolute atomic E-state index is 13.0. The highest BCUT2D eigenvalue weighted by molar-refractivity contribution is 5.94. The molecule has 0 radical (unpaired) electrons. The highest BCUT2D eigenvalue weighted by Crippen LogP contribution is 2.40. The maximum Gasteiger partial charge on any atom is 0.424 e. The van der Waals surface area contributed by atoms with E-state index >= 15 is 0 Å². The molecule has 2 aliphatic carbocycles. The van der Waals surface area contributed by atoms with Crippen molar-refractivity contribution in [2.45, 2.75) is 57.0 Å². The zero-order valence-corrected chi connectivity index (χ0v) is 21.2. The van der Waals surface area contributed by atoms with Gasteiger partial charge in [0.1, 0.15) is 17.6 Å². The lowest BCUT2D eigenvalue weighted by Crippen LogP contribution is -2.49. The standard InChI is InChI=1S/C26H33N5O6/c1-30-7-3-4-8-31(30)26(35)37-17-6-5-15(9-17)21-12-24(29-28-21)27-25(34)16-10-18-19(11-16)23(36-2)13-22(33)20(18)14-32/h12-17,33H,3-11H2,1-2H3,(H2,27,28,29,34). The topological polar surface area (TPSA) is 137 Å². The van der Waals surface area contributed by atoms with Gasteiger partial charge in [-0.2, -0.15) is 5.10 Å². The summed E-state index contributed by atoms with van der Waals surface area (Å²) in [4.78, 5) is 37.1. The molecule has 1 aromatic heterocycles. The highest BCUT2D eigenvalue weighted by Gasteiger charge is 2.35. The average Bonchev–Trinajstić information content (AvgIpc) is 3.63. The molecule has 0 bridgehead atoms. The molecular formula is C26H33N5O6. The first-order valence-corrected chi connectivity index (χ1v) is 12.8. The molecule has 3 unspecified atom stereocenters. The van der Waals surface area contributed by atoms with Crippen LogP contribution in [0.4, 0.5) is 10.6 Å². The molecule has 3 atom stereocenters.